The van der Waals surface area contributed by atoms with Gasteiger partial charge in [-0.1, -0.05) is 0 Å². The number of hydrogen-bond donors (Lipinski definition) is 2. The molecule has 1 aliphatic rings. The molecule has 0 bridgehead atoms. The highest BCUT2D eigenvalue weighted by Crippen LogP contribution is 2.12. The third-order valence-corrected chi connectivity index (χ3v) is 3.75. The minimum absolute atomic E-state index is 0.0621. The van der Waals surface area contributed by atoms with Crippen molar-refractivity contribution in [1.29, 1.82) is 0 Å². The Balaban J connectivity index is 2.15. The van der Waals surface area contributed by atoms with Crippen molar-refractivity contribution in [3.8, 4) is 0 Å². The van der Waals surface area contributed by atoms with Crippen molar-refractivity contribution in [1.82, 2.24) is 10.6 Å². The van der Waals surface area contributed by atoms with Gasteiger partial charge in [0.1, 0.15) is 0 Å². The standard InChI is InChI=1S/C9H15F3N2O2S/c10-9(11,12)6-13-5-8(15)14-7-1-3-17(16)4-2-7/h7,13H,1-6H2,(H,14,15). The van der Waals surface area contributed by atoms with Gasteiger partial charge in [-0.3, -0.25) is 9.00 Å². The van der Waals surface area contributed by atoms with Crippen LogP contribution < -0.4 is 10.6 Å². The van der Waals surface area contributed by atoms with Gasteiger partial charge in [-0.2, -0.15) is 13.2 Å². The molecule has 1 heterocycles. The lowest BCUT2D eigenvalue weighted by Gasteiger charge is -2.22. The first-order valence-electron chi connectivity index (χ1n) is 5.28. The zero-order valence-electron chi connectivity index (χ0n) is 9.18. The number of carbonyl (C=O) groups is 1. The number of alkyl halides is 3. The molecular formula is C9H15F3N2O2S. The number of amides is 1. The monoisotopic (exact) mass is 272 g/mol. The Morgan fingerprint density at radius 1 is 1.29 bits per heavy atom. The summed E-state index contributed by atoms with van der Waals surface area (Å²) in [4.78, 5) is 11.3. The van der Waals surface area contributed by atoms with Gasteiger partial charge in [0.25, 0.3) is 0 Å². The molecule has 1 fully saturated rings. The summed E-state index contributed by atoms with van der Waals surface area (Å²) in [5.41, 5.74) is 0. The number of halogens is 3. The minimum Gasteiger partial charge on any atom is -0.352 e. The Morgan fingerprint density at radius 3 is 2.41 bits per heavy atom. The third-order valence-electron chi connectivity index (χ3n) is 2.36. The van der Waals surface area contributed by atoms with E-state index < -0.39 is 29.4 Å². The lowest BCUT2D eigenvalue weighted by molar-refractivity contribution is -0.128. The molecule has 0 saturated carbocycles. The van der Waals surface area contributed by atoms with E-state index in [0.29, 0.717) is 24.3 Å². The number of nitrogens with one attached hydrogen (secondary N) is 2. The molecule has 8 heteroatoms. The van der Waals surface area contributed by atoms with Crippen LogP contribution in [-0.2, 0) is 15.6 Å². The Morgan fingerprint density at radius 2 is 1.88 bits per heavy atom. The molecule has 0 spiro atoms. The van der Waals surface area contributed by atoms with E-state index in [1.54, 1.807) is 0 Å². The molecule has 2 N–H and O–H groups in total. The second kappa shape index (κ2) is 6.34. The molecule has 1 aliphatic heterocycles. The lowest BCUT2D eigenvalue weighted by Crippen LogP contribution is -2.44. The van der Waals surface area contributed by atoms with E-state index >= 15 is 0 Å². The largest absolute Gasteiger partial charge is 0.401 e. The van der Waals surface area contributed by atoms with Gasteiger partial charge in [0.05, 0.1) is 13.1 Å². The number of rotatable bonds is 4. The van der Waals surface area contributed by atoms with Crippen molar-refractivity contribution in [2.75, 3.05) is 24.6 Å². The van der Waals surface area contributed by atoms with Crippen LogP contribution in [-0.4, -0.2) is 46.9 Å². The summed E-state index contributed by atoms with van der Waals surface area (Å²) in [6.45, 7) is -1.52. The van der Waals surface area contributed by atoms with Crippen LogP contribution in [0.1, 0.15) is 12.8 Å². The maximum absolute atomic E-state index is 11.8. The zero-order valence-corrected chi connectivity index (χ0v) is 10.00. The highest BCUT2D eigenvalue weighted by atomic mass is 32.2. The predicted molar refractivity (Wildman–Crippen MR) is 58.0 cm³/mol. The SMILES string of the molecule is O=C(CNCC(F)(F)F)NC1CCS(=O)CC1. The predicted octanol–water partition coefficient (Wildman–Crippen LogP) is 0.166. The molecule has 1 amide bonds. The first kappa shape index (κ1) is 14.4. The second-order valence-corrected chi connectivity index (χ2v) is 5.60. The fourth-order valence-electron chi connectivity index (χ4n) is 1.53. The molecule has 0 aromatic carbocycles. The number of hydrogen-bond acceptors (Lipinski definition) is 3. The van der Waals surface area contributed by atoms with Gasteiger partial charge >= 0.3 is 6.18 Å². The molecule has 4 nitrogen and oxygen atoms in total. The summed E-state index contributed by atoms with van der Waals surface area (Å²) < 4.78 is 46.4. The number of carbonyl (C=O) groups excluding carboxylic acids is 1. The molecule has 1 rings (SSSR count). The normalized spacial score (nSPS) is 25.6. The first-order valence-corrected chi connectivity index (χ1v) is 6.77. The summed E-state index contributed by atoms with van der Waals surface area (Å²) in [6.07, 6.45) is -3.06. The quantitative estimate of drug-likeness (QED) is 0.767. The molecule has 0 radical (unpaired) electrons. The average Bonchev–Trinajstić information content (AvgIpc) is 2.19. The minimum atomic E-state index is -4.30. The Labute approximate surface area is 99.8 Å². The molecular weight excluding hydrogens is 257 g/mol. The maximum Gasteiger partial charge on any atom is 0.401 e. The molecule has 0 aromatic rings. The van der Waals surface area contributed by atoms with Crippen LogP contribution in [0.4, 0.5) is 13.2 Å². The van der Waals surface area contributed by atoms with Crippen molar-refractivity contribution in [3.05, 3.63) is 0 Å². The average molecular weight is 272 g/mol. The zero-order chi connectivity index (χ0) is 12.9. The van der Waals surface area contributed by atoms with E-state index in [1.807, 2.05) is 5.32 Å². The maximum atomic E-state index is 11.8. The molecule has 0 unspecified atom stereocenters. The summed E-state index contributed by atoms with van der Waals surface area (Å²) in [5.74, 6) is 0.633. The van der Waals surface area contributed by atoms with Crippen molar-refractivity contribution < 1.29 is 22.2 Å². The van der Waals surface area contributed by atoms with Crippen molar-refractivity contribution >= 4 is 16.7 Å². The van der Waals surface area contributed by atoms with E-state index in [0.717, 1.165) is 0 Å². The summed E-state index contributed by atoms with van der Waals surface area (Å²) >= 11 is 0. The van der Waals surface area contributed by atoms with E-state index in [2.05, 4.69) is 5.32 Å². The Bertz CT molecular complexity index is 286. The van der Waals surface area contributed by atoms with Crippen LogP contribution in [0.2, 0.25) is 0 Å². The molecule has 0 aliphatic carbocycles. The highest BCUT2D eigenvalue weighted by molar-refractivity contribution is 7.85. The van der Waals surface area contributed by atoms with E-state index in [-0.39, 0.29) is 12.6 Å². The van der Waals surface area contributed by atoms with Gasteiger partial charge in [0, 0.05) is 28.3 Å². The van der Waals surface area contributed by atoms with Gasteiger partial charge in [0.2, 0.25) is 5.91 Å². The van der Waals surface area contributed by atoms with Gasteiger partial charge in [0.15, 0.2) is 0 Å². The van der Waals surface area contributed by atoms with Crippen molar-refractivity contribution in [2.45, 2.75) is 25.1 Å². The summed E-state index contributed by atoms with van der Waals surface area (Å²) in [6, 6.07) is -0.0621. The molecule has 0 atom stereocenters. The fraction of sp³-hybridized carbons (Fsp3) is 0.889. The topological polar surface area (TPSA) is 58.2 Å². The van der Waals surface area contributed by atoms with Crippen LogP contribution in [0.25, 0.3) is 0 Å². The van der Waals surface area contributed by atoms with E-state index in [1.165, 1.54) is 0 Å². The second-order valence-electron chi connectivity index (χ2n) is 3.91. The molecule has 17 heavy (non-hydrogen) atoms. The van der Waals surface area contributed by atoms with Gasteiger partial charge in [-0.15, -0.1) is 0 Å². The molecule has 100 valence electrons. The van der Waals surface area contributed by atoms with E-state index in [9.17, 15) is 22.2 Å². The summed E-state index contributed by atoms with van der Waals surface area (Å²) in [5, 5.41) is 4.65. The van der Waals surface area contributed by atoms with Gasteiger partial charge in [-0.25, -0.2) is 0 Å². The summed E-state index contributed by atoms with van der Waals surface area (Å²) in [7, 11) is -0.809. The Hall–Kier alpha value is -0.630. The van der Waals surface area contributed by atoms with Crippen LogP contribution in [0.15, 0.2) is 0 Å². The van der Waals surface area contributed by atoms with E-state index in [4.69, 9.17) is 0 Å². The third kappa shape index (κ3) is 6.62. The van der Waals surface area contributed by atoms with Crippen LogP contribution in [0.5, 0.6) is 0 Å². The van der Waals surface area contributed by atoms with Crippen LogP contribution in [0, 0.1) is 0 Å². The van der Waals surface area contributed by atoms with Crippen LogP contribution >= 0.6 is 0 Å². The fourth-order valence-corrected chi connectivity index (χ4v) is 2.83. The van der Waals surface area contributed by atoms with Gasteiger partial charge in [-0.05, 0) is 12.8 Å². The van der Waals surface area contributed by atoms with Crippen molar-refractivity contribution in [3.63, 3.8) is 0 Å². The molecule has 1 saturated heterocycles. The Kier molecular flexibility index (Phi) is 5.38. The van der Waals surface area contributed by atoms with Crippen molar-refractivity contribution in [2.24, 2.45) is 0 Å². The smallest absolute Gasteiger partial charge is 0.352 e. The lowest BCUT2D eigenvalue weighted by atomic mass is 10.1. The van der Waals surface area contributed by atoms with Gasteiger partial charge < -0.3 is 10.6 Å². The highest BCUT2D eigenvalue weighted by Gasteiger charge is 2.27. The molecule has 0 aromatic heterocycles. The van der Waals surface area contributed by atoms with Crippen LogP contribution in [0.3, 0.4) is 0 Å². The first-order chi connectivity index (χ1) is 7.87.